The molecule has 49 heavy (non-hydrogen) atoms. The predicted octanol–water partition coefficient (Wildman–Crippen LogP) is 7.82. The molecule has 258 valence electrons. The average molecular weight is 803 g/mol. The van der Waals surface area contributed by atoms with Gasteiger partial charge in [0, 0.05) is 32.4 Å². The molecule has 0 amide bonds. The Morgan fingerprint density at radius 3 is 0.939 bits per heavy atom. The van der Waals surface area contributed by atoms with Crippen molar-refractivity contribution in [3.05, 3.63) is 146 Å². The van der Waals surface area contributed by atoms with Crippen LogP contribution in [0.15, 0.2) is 146 Å². The van der Waals surface area contributed by atoms with Crippen LogP contribution in [0.4, 0.5) is 25.2 Å². The summed E-state index contributed by atoms with van der Waals surface area (Å²) < 4.78 is 64.8. The molecule has 0 bridgehead atoms. The van der Waals surface area contributed by atoms with Gasteiger partial charge in [-0.2, -0.15) is 10.5 Å². The summed E-state index contributed by atoms with van der Waals surface area (Å²) in [6, 6.07) is 41.5. The molecule has 0 fully saturated rings. The van der Waals surface area contributed by atoms with Crippen molar-refractivity contribution < 1.29 is 44.7 Å². The van der Waals surface area contributed by atoms with Crippen molar-refractivity contribution in [3.63, 3.8) is 0 Å². The molecule has 0 radical (unpaired) electrons. The summed E-state index contributed by atoms with van der Waals surface area (Å²) in [5.74, 6) is 0. The monoisotopic (exact) mass is 804 g/mol. The molecule has 0 aliphatic rings. The molecule has 0 aliphatic carbocycles. The van der Waals surface area contributed by atoms with Gasteiger partial charge in [0.05, 0.1) is 12.1 Å². The second kappa shape index (κ2) is 19.4. The van der Waals surface area contributed by atoms with Gasteiger partial charge in [0.25, 0.3) is 0 Å². The maximum atomic E-state index is 9.87. The van der Waals surface area contributed by atoms with Crippen molar-refractivity contribution in [1.29, 1.82) is 10.5 Å². The summed E-state index contributed by atoms with van der Waals surface area (Å²) in [6.45, 7) is 2.86. The van der Waals surface area contributed by atoms with Crippen LogP contribution in [0, 0.1) is 22.7 Å². The standard InChI is InChI=1S/C18H15P.C9H10BN6.2C2H3N.F6P.Ru/c1-4-10-16(11-5-1)19(17-12-6-2-7-13-17)18-14-8-3-9-15-18;1-4-11-14(7-1)10(15-8-2-5-12-15)16-9-3-6-13-16;2*1-2-3;1-7(2,3,4,5)6;/h1-15H;1-10H;2*1H3;;/q;-1;;;-1;+2. The second-order valence-electron chi connectivity index (χ2n) is 9.31. The van der Waals surface area contributed by atoms with E-state index in [1.54, 1.807) is 30.7 Å². The molecule has 0 saturated carbocycles. The topological polar surface area (TPSA) is 101 Å². The number of rotatable bonds is 6. The van der Waals surface area contributed by atoms with Gasteiger partial charge in [-0.05, 0) is 60.6 Å². The first-order valence-electron chi connectivity index (χ1n) is 14.0. The number of benzene rings is 3. The molecule has 0 atom stereocenters. The minimum Gasteiger partial charge on any atom is -0.403 e. The van der Waals surface area contributed by atoms with Gasteiger partial charge in [-0.15, -0.1) is 0 Å². The van der Waals surface area contributed by atoms with Crippen LogP contribution < -0.4 is 15.9 Å². The molecule has 0 unspecified atom stereocenters. The first-order chi connectivity index (χ1) is 22.7. The number of hydrogen-bond acceptors (Lipinski definition) is 5. The molecule has 0 N–H and O–H groups in total. The fourth-order valence-electron chi connectivity index (χ4n) is 4.03. The Labute approximate surface area is 294 Å². The van der Waals surface area contributed by atoms with Crippen molar-refractivity contribution in [1.82, 2.24) is 29.1 Å². The maximum Gasteiger partial charge on any atom is 2.00 e. The molecular formula is C31H31BF6N8P2Ru. The zero-order valence-corrected chi connectivity index (χ0v) is 29.7. The smallest absolute Gasteiger partial charge is 0.403 e. The maximum absolute atomic E-state index is 10.7. The number of nitriles is 2. The summed E-state index contributed by atoms with van der Waals surface area (Å²) in [5, 5.41) is 31.6. The van der Waals surface area contributed by atoms with E-state index >= 15 is 0 Å². The van der Waals surface area contributed by atoms with Crippen LogP contribution in [0.3, 0.4) is 0 Å². The van der Waals surface area contributed by atoms with Gasteiger partial charge in [0.2, 0.25) is 0 Å². The van der Waals surface area contributed by atoms with Crippen LogP contribution >= 0.6 is 15.7 Å². The third-order valence-corrected chi connectivity index (χ3v) is 8.03. The summed E-state index contributed by atoms with van der Waals surface area (Å²) in [4.78, 5) is 0. The van der Waals surface area contributed by atoms with Crippen LogP contribution in [-0.2, 0) is 19.5 Å². The summed E-state index contributed by atoms with van der Waals surface area (Å²) in [7, 11) is -12.2. The van der Waals surface area contributed by atoms with E-state index in [0.717, 1.165) is 0 Å². The number of aromatic nitrogens is 6. The Kier molecular flexibility index (Phi) is 16.8. The Hall–Kier alpha value is -4.60. The quantitative estimate of drug-likeness (QED) is 0.0972. The fraction of sp³-hybridized carbons (Fsp3) is 0.0645. The minimum atomic E-state index is -10.7. The van der Waals surface area contributed by atoms with Gasteiger partial charge >= 0.3 is 59.6 Å². The molecule has 6 rings (SSSR count). The van der Waals surface area contributed by atoms with E-state index < -0.39 is 22.8 Å². The first kappa shape index (κ1) is 42.4. The molecule has 0 saturated heterocycles. The summed E-state index contributed by atoms with van der Waals surface area (Å²) >= 11 is 0. The molecule has 0 spiro atoms. The van der Waals surface area contributed by atoms with Gasteiger partial charge in [-0.25, -0.2) is 15.3 Å². The number of nitrogens with zero attached hydrogens (tertiary/aromatic N) is 8. The predicted molar refractivity (Wildman–Crippen MR) is 181 cm³/mol. The number of halogens is 6. The van der Waals surface area contributed by atoms with Crippen LogP contribution in [0.5, 0.6) is 0 Å². The van der Waals surface area contributed by atoms with Gasteiger partial charge in [0.1, 0.15) is 0 Å². The molecule has 8 nitrogen and oxygen atoms in total. The minimum absolute atomic E-state index is 0. The average Bonchev–Trinajstić information content (AvgIpc) is 3.85. The van der Waals surface area contributed by atoms with Crippen molar-refractivity contribution in [2.24, 2.45) is 0 Å². The fourth-order valence-corrected chi connectivity index (χ4v) is 6.33. The van der Waals surface area contributed by atoms with Crippen LogP contribution in [0.1, 0.15) is 13.8 Å². The van der Waals surface area contributed by atoms with Gasteiger partial charge in [0.15, 0.2) is 0 Å². The van der Waals surface area contributed by atoms with Crippen LogP contribution in [0.25, 0.3) is 0 Å². The van der Waals surface area contributed by atoms with Crippen molar-refractivity contribution in [3.8, 4) is 12.1 Å². The third-order valence-electron chi connectivity index (χ3n) is 5.59. The molecule has 3 aromatic heterocycles. The Bertz CT molecular complexity index is 1610. The van der Waals surface area contributed by atoms with E-state index in [-0.39, 0.29) is 19.5 Å². The first-order valence-corrected chi connectivity index (χ1v) is 17.3. The van der Waals surface area contributed by atoms with E-state index in [1.165, 1.54) is 29.8 Å². The Balaban J connectivity index is 0.000000361. The molecule has 6 aromatic rings. The van der Waals surface area contributed by atoms with Crippen molar-refractivity contribution in [2.75, 3.05) is 0 Å². The second-order valence-corrected chi connectivity index (χ2v) is 13.4. The zero-order chi connectivity index (χ0) is 35.5. The van der Waals surface area contributed by atoms with Gasteiger partial charge in [-0.1, -0.05) is 91.0 Å². The summed E-state index contributed by atoms with van der Waals surface area (Å²) in [6.07, 6.45) is 11.0. The largest absolute Gasteiger partial charge is 2.00 e. The van der Waals surface area contributed by atoms with E-state index in [0.29, 0.717) is 0 Å². The third kappa shape index (κ3) is 17.9. The van der Waals surface area contributed by atoms with Gasteiger partial charge in [-0.3, -0.25) is 0 Å². The van der Waals surface area contributed by atoms with Crippen LogP contribution in [0.2, 0.25) is 0 Å². The van der Waals surface area contributed by atoms with Crippen LogP contribution in [-0.4, -0.2) is 36.2 Å². The van der Waals surface area contributed by atoms with E-state index in [4.69, 9.17) is 10.5 Å². The zero-order valence-electron chi connectivity index (χ0n) is 26.2. The molecule has 18 heteroatoms. The SMILES string of the molecule is CC#N.CC#N.F[P-](F)(F)(F)(F)F.[Ru+2].c1ccc(P(c2ccccc2)c2ccccc2)cc1.c1cnn([BH-](n2cccn2)n2cccn2)c1. The molecular weight excluding hydrogens is 772 g/mol. The van der Waals surface area contributed by atoms with E-state index in [2.05, 4.69) is 106 Å². The molecule has 3 heterocycles. The van der Waals surface area contributed by atoms with Gasteiger partial charge < -0.3 is 13.8 Å². The molecule has 0 aliphatic heterocycles. The summed E-state index contributed by atoms with van der Waals surface area (Å²) in [5.41, 5.74) is 0. The molecule has 3 aromatic carbocycles. The Morgan fingerprint density at radius 2 is 0.755 bits per heavy atom. The van der Waals surface area contributed by atoms with E-state index in [9.17, 15) is 25.2 Å². The van der Waals surface area contributed by atoms with E-state index in [1.807, 2.05) is 50.6 Å². The normalized spacial score (nSPS) is 11.3. The van der Waals surface area contributed by atoms with Crippen molar-refractivity contribution >= 4 is 38.8 Å². The Morgan fingerprint density at radius 1 is 0.531 bits per heavy atom. The van der Waals surface area contributed by atoms with Crippen molar-refractivity contribution in [2.45, 2.75) is 13.8 Å². The number of hydrogen-bond donors (Lipinski definition) is 0.